The van der Waals surface area contributed by atoms with Gasteiger partial charge in [0.25, 0.3) is 0 Å². The third kappa shape index (κ3) is 3.79. The molecule has 2 rings (SSSR count). The van der Waals surface area contributed by atoms with Crippen molar-refractivity contribution in [3.63, 3.8) is 0 Å². The van der Waals surface area contributed by atoms with Gasteiger partial charge >= 0.3 is 0 Å². The molecule has 2 aliphatic rings. The summed E-state index contributed by atoms with van der Waals surface area (Å²) in [6.45, 7) is 6.09. The molecule has 1 heteroatoms. The van der Waals surface area contributed by atoms with Gasteiger partial charge in [-0.3, -0.25) is 0 Å². The van der Waals surface area contributed by atoms with Gasteiger partial charge in [-0.2, -0.15) is 0 Å². The van der Waals surface area contributed by atoms with Crippen molar-refractivity contribution in [2.45, 2.75) is 71.3 Å². The van der Waals surface area contributed by atoms with Crippen molar-refractivity contribution in [3.05, 3.63) is 0 Å². The van der Waals surface area contributed by atoms with Crippen LogP contribution in [0.2, 0.25) is 0 Å². The summed E-state index contributed by atoms with van der Waals surface area (Å²) < 4.78 is 0. The summed E-state index contributed by atoms with van der Waals surface area (Å²) in [5, 5.41) is 3.76. The highest BCUT2D eigenvalue weighted by atomic mass is 14.9. The lowest BCUT2D eigenvalue weighted by atomic mass is 9.75. The normalized spacial score (nSPS) is 27.6. The summed E-state index contributed by atoms with van der Waals surface area (Å²) in [7, 11) is 0. The Balaban J connectivity index is 1.65. The molecular formula is C14H27N. The van der Waals surface area contributed by atoms with Gasteiger partial charge in [-0.1, -0.05) is 39.0 Å². The van der Waals surface area contributed by atoms with Gasteiger partial charge in [0.15, 0.2) is 0 Å². The first kappa shape index (κ1) is 11.4. The van der Waals surface area contributed by atoms with Crippen LogP contribution in [0.4, 0.5) is 0 Å². The van der Waals surface area contributed by atoms with Crippen LogP contribution in [0.1, 0.15) is 65.2 Å². The Morgan fingerprint density at radius 2 is 1.87 bits per heavy atom. The van der Waals surface area contributed by atoms with Crippen molar-refractivity contribution in [2.75, 3.05) is 6.54 Å². The van der Waals surface area contributed by atoms with E-state index in [0.717, 1.165) is 12.0 Å². The van der Waals surface area contributed by atoms with Gasteiger partial charge < -0.3 is 5.32 Å². The Morgan fingerprint density at radius 3 is 2.47 bits per heavy atom. The maximum atomic E-state index is 3.76. The Kier molecular flexibility index (Phi) is 3.71. The predicted molar refractivity (Wildman–Crippen MR) is 66.0 cm³/mol. The first-order valence-electron chi connectivity index (χ1n) is 6.91. The minimum Gasteiger partial charge on any atom is -0.314 e. The molecular weight excluding hydrogens is 182 g/mol. The van der Waals surface area contributed by atoms with Crippen LogP contribution in [0, 0.1) is 11.3 Å². The van der Waals surface area contributed by atoms with Crippen molar-refractivity contribution < 1.29 is 0 Å². The lowest BCUT2D eigenvalue weighted by Gasteiger charge is -2.35. The van der Waals surface area contributed by atoms with Crippen molar-refractivity contribution >= 4 is 0 Å². The summed E-state index contributed by atoms with van der Waals surface area (Å²) in [5.74, 6) is 1.06. The molecule has 2 fully saturated rings. The van der Waals surface area contributed by atoms with E-state index in [1.165, 1.54) is 57.9 Å². The third-order valence-corrected chi connectivity index (χ3v) is 4.32. The average molecular weight is 209 g/mol. The second-order valence-electron chi connectivity index (χ2n) is 6.33. The summed E-state index contributed by atoms with van der Waals surface area (Å²) in [4.78, 5) is 0. The zero-order chi connectivity index (χ0) is 10.7. The van der Waals surface area contributed by atoms with E-state index in [0.29, 0.717) is 5.41 Å². The van der Waals surface area contributed by atoms with E-state index in [-0.39, 0.29) is 0 Å². The molecule has 0 aromatic carbocycles. The van der Waals surface area contributed by atoms with Gasteiger partial charge in [-0.25, -0.2) is 0 Å². The van der Waals surface area contributed by atoms with Crippen LogP contribution >= 0.6 is 0 Å². The molecule has 0 aromatic rings. The molecule has 0 heterocycles. The minimum absolute atomic E-state index is 0.607. The number of nitrogens with one attached hydrogen (secondary N) is 1. The summed E-state index contributed by atoms with van der Waals surface area (Å²) in [6.07, 6.45) is 11.6. The van der Waals surface area contributed by atoms with Crippen LogP contribution in [0.5, 0.6) is 0 Å². The lowest BCUT2D eigenvalue weighted by molar-refractivity contribution is 0.200. The average Bonchev–Trinajstić information content (AvgIpc) is 3.00. The molecule has 2 aliphatic carbocycles. The van der Waals surface area contributed by atoms with Gasteiger partial charge in [0.05, 0.1) is 0 Å². The first-order valence-corrected chi connectivity index (χ1v) is 6.91. The Bertz CT molecular complexity index is 190. The Hall–Kier alpha value is -0.0400. The summed E-state index contributed by atoms with van der Waals surface area (Å²) >= 11 is 0. The topological polar surface area (TPSA) is 12.0 Å². The highest BCUT2D eigenvalue weighted by Crippen LogP contribution is 2.36. The highest BCUT2D eigenvalue weighted by Gasteiger charge is 2.28. The van der Waals surface area contributed by atoms with Crippen LogP contribution in [0.15, 0.2) is 0 Å². The number of hydrogen-bond acceptors (Lipinski definition) is 1. The van der Waals surface area contributed by atoms with Crippen LogP contribution in [-0.4, -0.2) is 12.6 Å². The number of hydrogen-bond donors (Lipinski definition) is 1. The van der Waals surface area contributed by atoms with Crippen LogP contribution in [-0.2, 0) is 0 Å². The summed E-state index contributed by atoms with van der Waals surface area (Å²) in [6, 6.07) is 0.747. The van der Waals surface area contributed by atoms with E-state index >= 15 is 0 Å². The van der Waals surface area contributed by atoms with Crippen molar-refractivity contribution in [3.8, 4) is 0 Å². The SMILES string of the molecule is CC(CC1CC1)NCC1(C)CCCCC1. The van der Waals surface area contributed by atoms with Crippen LogP contribution < -0.4 is 5.32 Å². The molecule has 1 N–H and O–H groups in total. The molecule has 0 aliphatic heterocycles. The summed E-state index contributed by atoms with van der Waals surface area (Å²) in [5.41, 5.74) is 0.607. The fourth-order valence-electron chi connectivity index (χ4n) is 2.94. The number of rotatable bonds is 5. The van der Waals surface area contributed by atoms with Crippen molar-refractivity contribution in [1.82, 2.24) is 5.32 Å². The fraction of sp³-hybridized carbons (Fsp3) is 1.00. The van der Waals surface area contributed by atoms with E-state index in [2.05, 4.69) is 19.2 Å². The first-order chi connectivity index (χ1) is 7.18. The quantitative estimate of drug-likeness (QED) is 0.727. The highest BCUT2D eigenvalue weighted by molar-refractivity contribution is 4.83. The monoisotopic (exact) mass is 209 g/mol. The van der Waals surface area contributed by atoms with Crippen molar-refractivity contribution in [2.24, 2.45) is 11.3 Å². The molecule has 15 heavy (non-hydrogen) atoms. The zero-order valence-electron chi connectivity index (χ0n) is 10.5. The molecule has 0 aromatic heterocycles. The minimum atomic E-state index is 0.607. The molecule has 1 nitrogen and oxygen atoms in total. The van der Waals surface area contributed by atoms with Gasteiger partial charge in [-0.05, 0) is 37.5 Å². The van der Waals surface area contributed by atoms with Crippen LogP contribution in [0.3, 0.4) is 0 Å². The molecule has 88 valence electrons. The molecule has 0 spiro atoms. The zero-order valence-corrected chi connectivity index (χ0v) is 10.5. The third-order valence-electron chi connectivity index (χ3n) is 4.32. The largest absolute Gasteiger partial charge is 0.314 e. The standard InChI is InChI=1S/C14H27N/c1-12(10-13-6-7-13)15-11-14(2)8-4-3-5-9-14/h12-13,15H,3-11H2,1-2H3. The van der Waals surface area contributed by atoms with E-state index in [1.807, 2.05) is 0 Å². The molecule has 0 radical (unpaired) electrons. The maximum absolute atomic E-state index is 3.76. The van der Waals surface area contributed by atoms with E-state index < -0.39 is 0 Å². The molecule has 0 bridgehead atoms. The van der Waals surface area contributed by atoms with Gasteiger partial charge in [0, 0.05) is 12.6 Å². The van der Waals surface area contributed by atoms with E-state index in [4.69, 9.17) is 0 Å². The second-order valence-corrected chi connectivity index (χ2v) is 6.33. The van der Waals surface area contributed by atoms with Gasteiger partial charge in [-0.15, -0.1) is 0 Å². The van der Waals surface area contributed by atoms with E-state index in [1.54, 1.807) is 0 Å². The second kappa shape index (κ2) is 4.86. The molecule has 2 saturated carbocycles. The molecule has 0 amide bonds. The van der Waals surface area contributed by atoms with E-state index in [9.17, 15) is 0 Å². The lowest BCUT2D eigenvalue weighted by Crippen LogP contribution is -2.38. The smallest absolute Gasteiger partial charge is 0.00415 e. The predicted octanol–water partition coefficient (Wildman–Crippen LogP) is 3.74. The maximum Gasteiger partial charge on any atom is 0.00415 e. The molecule has 1 unspecified atom stereocenters. The van der Waals surface area contributed by atoms with Crippen molar-refractivity contribution in [1.29, 1.82) is 0 Å². The van der Waals surface area contributed by atoms with Crippen LogP contribution in [0.25, 0.3) is 0 Å². The van der Waals surface area contributed by atoms with Gasteiger partial charge in [0.2, 0.25) is 0 Å². The Labute approximate surface area is 95.0 Å². The Morgan fingerprint density at radius 1 is 1.20 bits per heavy atom. The molecule has 0 saturated heterocycles. The molecule has 1 atom stereocenters. The fourth-order valence-corrected chi connectivity index (χ4v) is 2.94. The van der Waals surface area contributed by atoms with Gasteiger partial charge in [0.1, 0.15) is 0 Å².